The van der Waals surface area contributed by atoms with Crippen molar-refractivity contribution in [2.24, 2.45) is 0 Å². The van der Waals surface area contributed by atoms with Crippen LogP contribution in [0.3, 0.4) is 0 Å². The van der Waals surface area contributed by atoms with Gasteiger partial charge in [-0.05, 0) is 84.9 Å². The van der Waals surface area contributed by atoms with Gasteiger partial charge in [0.1, 0.15) is 22.3 Å². The molecule has 0 fully saturated rings. The standard InChI is InChI=1S/C17H12N2.C15H12N2O.C13H8ClNO.C13H10N2.2C13H9NO.BrH.2ClHO4.3ClH/c18-15-11-13-10-9-12-5-1-3-7-16(12)19(13)17-8-4-2-6-14(15)17;1-11(18)16-14-10-12-6-4-5-9-17(12)15-8-3-2-7-13(14)15;14-11-6-3-5-10-12(16)8-9-4-1-2-7-15(9)13(10)11;14-12-9-10-5-3-4-8-15(10)13-7-2-1-6-11(12)13;2*15-13-9-10-5-3-4-8-14(10)12-7-2-1-6-11(12)13;;2*2-1(3,4)5;;;/h1-11,18H;2-10H,1H3;1-8H;1-9,14H;2*1-9H;1H;2*(H,2,3,4,5);3*1H. The van der Waals surface area contributed by atoms with Crippen LogP contribution in [0.5, 0.6) is 17.2 Å². The number of anilines is 3. The fraction of sp³-hybridized carbons (Fsp3) is 0.0119. The van der Waals surface area contributed by atoms with Gasteiger partial charge in [-0.2, -0.15) is 26.4 Å². The van der Waals surface area contributed by atoms with Gasteiger partial charge in [-0.1, -0.05) is 90.5 Å². The summed E-state index contributed by atoms with van der Waals surface area (Å²) in [5.74, 6) is 0.859. The zero-order valence-corrected chi connectivity index (χ0v) is 64.9. The number of pyridine rings is 12. The number of nitrogens with zero attached hydrogens (tertiary/aromatic N) is 6. The Kier molecular flexibility index (Phi) is 29.5. The Morgan fingerprint density at radius 1 is 0.339 bits per heavy atom. The van der Waals surface area contributed by atoms with Crippen molar-refractivity contribution in [3.05, 3.63) is 339 Å². The lowest BCUT2D eigenvalue weighted by molar-refractivity contribution is -2.00. The van der Waals surface area contributed by atoms with E-state index in [1.54, 1.807) is 18.2 Å². The minimum atomic E-state index is -4.94. The topological polar surface area (TPSA) is 351 Å². The highest BCUT2D eigenvalue weighted by molar-refractivity contribution is 6.34. The molecule has 8 N–H and O–H groups in total. The van der Waals surface area contributed by atoms with Gasteiger partial charge in [0.25, 0.3) is 0 Å². The van der Waals surface area contributed by atoms with Crippen LogP contribution in [0.2, 0.25) is 5.02 Å². The average Bonchev–Trinajstić information content (AvgIpc) is 0.750. The molecule has 19 aromatic rings. The van der Waals surface area contributed by atoms with Crippen molar-refractivity contribution in [2.75, 3.05) is 16.8 Å². The van der Waals surface area contributed by atoms with Crippen LogP contribution in [0.1, 0.15) is 6.92 Å². The third-order valence-electron chi connectivity index (χ3n) is 17.2. The molecule has 0 spiro atoms. The number of benzene rings is 7. The largest absolute Gasteiger partial charge is 1.00 e. The summed E-state index contributed by atoms with van der Waals surface area (Å²) < 4.78 is 80.6. The van der Waals surface area contributed by atoms with Gasteiger partial charge in [0, 0.05) is 134 Å². The molecule has 1 amide bonds. The van der Waals surface area contributed by atoms with Crippen molar-refractivity contribution in [1.29, 1.82) is 0 Å². The molecule has 0 aliphatic rings. The van der Waals surface area contributed by atoms with E-state index in [1.165, 1.54) is 17.8 Å². The number of fused-ring (bicyclic) bond motifs is 20. The first-order valence-corrected chi connectivity index (χ1v) is 35.9. The second-order valence-electron chi connectivity index (χ2n) is 24.1. The number of carbonyl (C=O) groups excluding carboxylic acids is 1. The van der Waals surface area contributed by atoms with E-state index in [9.17, 15) is 20.1 Å². The number of hydrogen-bond donors (Lipinski definition) is 6. The summed E-state index contributed by atoms with van der Waals surface area (Å²) in [6.07, 6.45) is 10.0. The lowest BCUT2D eigenvalue weighted by Gasteiger charge is -2.17. The van der Waals surface area contributed by atoms with Gasteiger partial charge in [0.2, 0.25) is 77.6 Å². The van der Waals surface area contributed by atoms with Crippen molar-refractivity contribution >= 4 is 144 Å². The molecule has 0 saturated carbocycles. The molecule has 0 aliphatic heterocycles. The number of nitrogen functional groups attached to an aromatic ring is 2. The highest BCUT2D eigenvalue weighted by atomic mass is 79.9. The van der Waals surface area contributed by atoms with Crippen LogP contribution in [0.25, 0.3) is 109 Å². The maximum Gasteiger partial charge on any atom is 0.240 e. The van der Waals surface area contributed by atoms with Crippen LogP contribution >= 0.6 is 11.6 Å². The van der Waals surface area contributed by atoms with E-state index in [4.69, 9.17) is 60.3 Å². The molecule has 568 valence electrons. The summed E-state index contributed by atoms with van der Waals surface area (Å²) in [4.78, 5) is 11.3. The van der Waals surface area contributed by atoms with Crippen molar-refractivity contribution < 1.29 is 158 Å². The summed E-state index contributed by atoms with van der Waals surface area (Å²) in [7, 11) is -9.89. The lowest BCUT2D eigenvalue weighted by Crippen LogP contribution is -3.00. The Balaban J connectivity index is 0.000000164. The molecule has 7 aromatic carbocycles. The number of halogens is 7. The number of aromatic hydroxyl groups is 3. The number of rotatable bonds is 1. The number of aromatic nitrogens is 6. The van der Waals surface area contributed by atoms with Crippen LogP contribution in [0.15, 0.2) is 334 Å². The van der Waals surface area contributed by atoms with Crippen LogP contribution in [-0.2, 0) is 4.79 Å². The first-order valence-electron chi connectivity index (χ1n) is 33.1. The fourth-order valence-electron chi connectivity index (χ4n) is 12.7. The van der Waals surface area contributed by atoms with Gasteiger partial charge < -0.3 is 86.3 Å². The molecule has 0 saturated heterocycles. The molecule has 21 nitrogen and oxygen atoms in total. The van der Waals surface area contributed by atoms with Crippen LogP contribution < -0.4 is 135 Å². The second kappa shape index (κ2) is 38.4. The third kappa shape index (κ3) is 20.7. The zero-order valence-electron chi connectivity index (χ0n) is 58.8. The lowest BCUT2D eigenvalue weighted by atomic mass is 10.1. The maximum absolute atomic E-state index is 11.3. The predicted molar refractivity (Wildman–Crippen MR) is 393 cm³/mol. The summed E-state index contributed by atoms with van der Waals surface area (Å²) in [5.41, 5.74) is 28.3. The van der Waals surface area contributed by atoms with E-state index < -0.39 is 20.5 Å². The number of nitrogens with one attached hydrogen (secondary N) is 1. The van der Waals surface area contributed by atoms with Gasteiger partial charge in [-0.25, -0.2) is 37.3 Å². The minimum Gasteiger partial charge on any atom is -1.00 e. The molecule has 12 aromatic heterocycles. The smallest absolute Gasteiger partial charge is 0.240 e. The van der Waals surface area contributed by atoms with E-state index in [-0.39, 0.29) is 65.9 Å². The minimum absolute atomic E-state index is 0. The number of para-hydroxylation sites is 7. The van der Waals surface area contributed by atoms with Gasteiger partial charge in [0.15, 0.2) is 31.0 Å². The number of amides is 1. The molecule has 0 bridgehead atoms. The van der Waals surface area contributed by atoms with E-state index in [2.05, 4.69) is 100 Å². The second-order valence-corrected chi connectivity index (χ2v) is 26.1. The first kappa shape index (κ1) is 86.1. The quantitative estimate of drug-likeness (QED) is 0.0659. The maximum atomic E-state index is 11.3. The summed E-state index contributed by atoms with van der Waals surface area (Å²) in [6, 6.07) is 99.4. The number of nitrogens with two attached hydrogens (primary N) is 2. The molecule has 12 heterocycles. The van der Waals surface area contributed by atoms with Gasteiger partial charge in [-0.3, -0.25) is 4.79 Å². The monoisotopic (exact) mass is 1680 g/mol. The molecular weight excluding hydrogens is 1620 g/mol. The van der Waals surface area contributed by atoms with Crippen molar-refractivity contribution in [3.63, 3.8) is 0 Å². The molecule has 0 atom stereocenters. The Hall–Kier alpha value is -11.5. The average molecular weight is 1690 g/mol. The highest BCUT2D eigenvalue weighted by Crippen LogP contribution is 2.30. The Morgan fingerprint density at radius 2 is 0.643 bits per heavy atom. The third-order valence-corrected chi connectivity index (χ3v) is 17.5. The van der Waals surface area contributed by atoms with Crippen LogP contribution in [0.4, 0.5) is 17.1 Å². The molecular formula is C84H66BrCl6N9O12. The Labute approximate surface area is 677 Å². The van der Waals surface area contributed by atoms with E-state index in [0.717, 1.165) is 116 Å². The first-order chi connectivity index (χ1) is 51.9. The molecule has 28 heteroatoms. The number of carbonyl (C=O) groups is 1. The van der Waals surface area contributed by atoms with Gasteiger partial charge in [-0.15, -0.1) is 20.5 Å². The van der Waals surface area contributed by atoms with Gasteiger partial charge >= 0.3 is 0 Å². The van der Waals surface area contributed by atoms with E-state index >= 15 is 0 Å². The summed E-state index contributed by atoms with van der Waals surface area (Å²) in [5, 5.41) is 40.1. The highest BCUT2D eigenvalue weighted by Gasteiger charge is 2.20. The fourth-order valence-corrected chi connectivity index (χ4v) is 13.0. The number of hydrogen-bond acceptors (Lipinski definition) is 14. The molecule has 0 radical (unpaired) electrons. The normalized spacial score (nSPS) is 10.7. The van der Waals surface area contributed by atoms with E-state index in [0.29, 0.717) is 16.5 Å². The molecule has 112 heavy (non-hydrogen) atoms. The molecule has 19 rings (SSSR count). The SMILES string of the molecule is CC(=O)Nc1cc2cccc[n+]2c2ccccc12.Nc1cc2ccc3ccccc3[n+]2c2ccccc12.Nc1cc2cccc[n+]2c2ccccc12.Oc1cc2cccc[n+]2c2c(Cl)cccc12.Oc1cc2cccc[n+]2c2ccccc12.Oc1cc2cccc[n+]2c2ccccc12.[Br-].[Cl-].[Cl-].[Cl-].[O-][Cl+3]([O-])([O-])[O-].[O-][Cl+3]([O-])([O-])[O-]. The van der Waals surface area contributed by atoms with Gasteiger partial charge in [0.05, 0.1) is 67.6 Å². The molecule has 0 unspecified atom stereocenters. The van der Waals surface area contributed by atoms with Crippen molar-refractivity contribution in [1.82, 2.24) is 0 Å². The van der Waals surface area contributed by atoms with Crippen molar-refractivity contribution in [3.8, 4) is 17.2 Å². The zero-order chi connectivity index (χ0) is 76.2. The van der Waals surface area contributed by atoms with Crippen molar-refractivity contribution in [2.45, 2.75) is 6.92 Å². The van der Waals surface area contributed by atoms with Crippen LogP contribution in [-0.4, -0.2) is 21.2 Å². The van der Waals surface area contributed by atoms with Crippen LogP contribution in [0, 0.1) is 20.5 Å². The summed E-state index contributed by atoms with van der Waals surface area (Å²) in [6.45, 7) is 1.52. The predicted octanol–water partition coefficient (Wildman–Crippen LogP) is -5.98. The Morgan fingerprint density at radius 3 is 1.09 bits per heavy atom. The Bertz CT molecular complexity index is 6260. The summed E-state index contributed by atoms with van der Waals surface area (Å²) >= 11 is 6.18. The van der Waals surface area contributed by atoms with E-state index in [1.807, 2.05) is 248 Å². The molecule has 0 aliphatic carbocycles.